The summed E-state index contributed by atoms with van der Waals surface area (Å²) in [6.07, 6.45) is 13.5. The molecule has 0 bridgehead atoms. The van der Waals surface area contributed by atoms with E-state index >= 15 is 0 Å². The Labute approximate surface area is 100 Å². The molecule has 1 heteroatoms. The molecule has 0 aliphatic heterocycles. The molecule has 3 aliphatic carbocycles. The Morgan fingerprint density at radius 2 is 1.88 bits per heavy atom. The maximum atomic E-state index is 3.73. The van der Waals surface area contributed by atoms with Gasteiger partial charge in [0.1, 0.15) is 0 Å². The first-order valence-electron chi connectivity index (χ1n) is 7.56. The second-order valence-electron chi connectivity index (χ2n) is 6.68. The van der Waals surface area contributed by atoms with Gasteiger partial charge in [0.2, 0.25) is 0 Å². The highest BCUT2D eigenvalue weighted by molar-refractivity contribution is 5.05. The van der Waals surface area contributed by atoms with Crippen LogP contribution in [0.15, 0.2) is 0 Å². The number of hydrogen-bond donors (Lipinski definition) is 1. The first-order chi connectivity index (χ1) is 7.82. The van der Waals surface area contributed by atoms with Crippen molar-refractivity contribution in [3.05, 3.63) is 0 Å². The normalized spacial score (nSPS) is 42.6. The van der Waals surface area contributed by atoms with Gasteiger partial charge in [-0.05, 0) is 68.7 Å². The van der Waals surface area contributed by atoms with E-state index in [1.165, 1.54) is 45.1 Å². The van der Waals surface area contributed by atoms with Crippen LogP contribution in [0.3, 0.4) is 0 Å². The molecule has 3 aliphatic rings. The Morgan fingerprint density at radius 1 is 1.12 bits per heavy atom. The lowest BCUT2D eigenvalue weighted by atomic mass is 9.77. The van der Waals surface area contributed by atoms with Crippen LogP contribution in [0.4, 0.5) is 0 Å². The number of hydrogen-bond acceptors (Lipinski definition) is 1. The third-order valence-corrected chi connectivity index (χ3v) is 5.39. The minimum absolute atomic E-state index is 0.826. The molecule has 0 aromatic carbocycles. The van der Waals surface area contributed by atoms with Crippen LogP contribution in [0, 0.1) is 17.3 Å². The zero-order valence-electron chi connectivity index (χ0n) is 10.8. The molecule has 1 spiro atoms. The predicted molar refractivity (Wildman–Crippen MR) is 68.4 cm³/mol. The minimum atomic E-state index is 0.826. The maximum Gasteiger partial charge on any atom is 0.00683 e. The molecule has 0 amide bonds. The zero-order chi connectivity index (χ0) is 11.0. The van der Waals surface area contributed by atoms with E-state index < -0.39 is 0 Å². The van der Waals surface area contributed by atoms with Crippen molar-refractivity contribution in [3.63, 3.8) is 0 Å². The lowest BCUT2D eigenvalue weighted by Gasteiger charge is -2.29. The van der Waals surface area contributed by atoms with E-state index in [9.17, 15) is 0 Å². The summed E-state index contributed by atoms with van der Waals surface area (Å²) in [7, 11) is 0. The molecule has 0 aromatic rings. The quantitative estimate of drug-likeness (QED) is 0.746. The maximum absolute atomic E-state index is 3.73. The predicted octanol–water partition coefficient (Wildman–Crippen LogP) is 3.74. The Morgan fingerprint density at radius 3 is 2.50 bits per heavy atom. The van der Waals surface area contributed by atoms with E-state index in [2.05, 4.69) is 12.2 Å². The van der Waals surface area contributed by atoms with E-state index in [-0.39, 0.29) is 0 Å². The molecule has 3 fully saturated rings. The summed E-state index contributed by atoms with van der Waals surface area (Å²) in [5.41, 5.74) is 0.826. The van der Waals surface area contributed by atoms with Crippen molar-refractivity contribution in [2.45, 2.75) is 70.8 Å². The van der Waals surface area contributed by atoms with E-state index in [0.29, 0.717) is 0 Å². The van der Waals surface area contributed by atoms with Gasteiger partial charge < -0.3 is 5.32 Å². The molecular formula is C15H27N. The molecule has 0 heterocycles. The van der Waals surface area contributed by atoms with E-state index in [0.717, 1.165) is 23.3 Å². The summed E-state index contributed by atoms with van der Waals surface area (Å²) in [4.78, 5) is 0. The van der Waals surface area contributed by atoms with Gasteiger partial charge >= 0.3 is 0 Å². The van der Waals surface area contributed by atoms with Crippen LogP contribution >= 0.6 is 0 Å². The standard InChI is InChI=1S/C15H27N/c1-2-3-12-6-8-15(9-7-12)10-13(15)11-16-14-4-5-14/h12-14,16H,2-11H2,1H3. The Bertz CT molecular complexity index is 236. The monoisotopic (exact) mass is 221 g/mol. The first-order valence-corrected chi connectivity index (χ1v) is 7.56. The van der Waals surface area contributed by atoms with Crippen molar-refractivity contribution in [1.29, 1.82) is 0 Å². The van der Waals surface area contributed by atoms with Gasteiger partial charge in [0.25, 0.3) is 0 Å². The summed E-state index contributed by atoms with van der Waals surface area (Å²) in [5.74, 6) is 2.13. The summed E-state index contributed by atoms with van der Waals surface area (Å²) in [5, 5.41) is 3.73. The van der Waals surface area contributed by atoms with Crippen molar-refractivity contribution in [1.82, 2.24) is 5.32 Å². The Balaban J connectivity index is 1.40. The van der Waals surface area contributed by atoms with Crippen molar-refractivity contribution in [2.24, 2.45) is 17.3 Å². The van der Waals surface area contributed by atoms with Crippen LogP contribution < -0.4 is 5.32 Å². The minimum Gasteiger partial charge on any atom is -0.314 e. The molecule has 0 aromatic heterocycles. The van der Waals surface area contributed by atoms with Gasteiger partial charge in [-0.3, -0.25) is 0 Å². The van der Waals surface area contributed by atoms with Crippen LogP contribution in [0.1, 0.15) is 64.7 Å². The second-order valence-corrected chi connectivity index (χ2v) is 6.68. The molecule has 0 radical (unpaired) electrons. The van der Waals surface area contributed by atoms with Gasteiger partial charge in [-0.2, -0.15) is 0 Å². The van der Waals surface area contributed by atoms with Gasteiger partial charge in [-0.25, -0.2) is 0 Å². The topological polar surface area (TPSA) is 12.0 Å². The molecule has 0 saturated heterocycles. The van der Waals surface area contributed by atoms with Gasteiger partial charge in [0.05, 0.1) is 0 Å². The smallest absolute Gasteiger partial charge is 0.00683 e. The Kier molecular flexibility index (Phi) is 2.99. The SMILES string of the molecule is CCCC1CCC2(CC1)CC2CNC1CC1. The third-order valence-electron chi connectivity index (χ3n) is 5.39. The van der Waals surface area contributed by atoms with Crippen LogP contribution in [0.25, 0.3) is 0 Å². The molecule has 1 N–H and O–H groups in total. The van der Waals surface area contributed by atoms with Crippen LogP contribution in [0.5, 0.6) is 0 Å². The van der Waals surface area contributed by atoms with Crippen LogP contribution in [-0.2, 0) is 0 Å². The molecule has 92 valence electrons. The van der Waals surface area contributed by atoms with Crippen molar-refractivity contribution < 1.29 is 0 Å². The lowest BCUT2D eigenvalue weighted by molar-refractivity contribution is 0.227. The molecule has 16 heavy (non-hydrogen) atoms. The fourth-order valence-corrected chi connectivity index (χ4v) is 3.88. The zero-order valence-corrected chi connectivity index (χ0v) is 10.8. The lowest BCUT2D eigenvalue weighted by Crippen LogP contribution is -2.24. The summed E-state index contributed by atoms with van der Waals surface area (Å²) in [6.45, 7) is 3.67. The van der Waals surface area contributed by atoms with Gasteiger partial charge in [-0.15, -0.1) is 0 Å². The molecule has 1 nitrogen and oxygen atoms in total. The molecule has 1 unspecified atom stereocenters. The summed E-state index contributed by atoms with van der Waals surface area (Å²) in [6, 6.07) is 0.911. The van der Waals surface area contributed by atoms with E-state index in [1.807, 2.05) is 0 Å². The molecule has 3 rings (SSSR count). The first kappa shape index (κ1) is 11.1. The summed E-state index contributed by atoms with van der Waals surface area (Å²) >= 11 is 0. The third kappa shape index (κ3) is 2.30. The van der Waals surface area contributed by atoms with Crippen LogP contribution in [-0.4, -0.2) is 12.6 Å². The highest BCUT2D eigenvalue weighted by atomic mass is 15.0. The van der Waals surface area contributed by atoms with Gasteiger partial charge in [0.15, 0.2) is 0 Å². The van der Waals surface area contributed by atoms with E-state index in [1.54, 1.807) is 19.3 Å². The average molecular weight is 221 g/mol. The largest absolute Gasteiger partial charge is 0.314 e. The molecular weight excluding hydrogens is 194 g/mol. The van der Waals surface area contributed by atoms with Gasteiger partial charge in [0, 0.05) is 6.04 Å². The van der Waals surface area contributed by atoms with Gasteiger partial charge in [-0.1, -0.05) is 19.8 Å². The molecule has 3 saturated carbocycles. The van der Waals surface area contributed by atoms with Crippen molar-refractivity contribution in [3.8, 4) is 0 Å². The fourth-order valence-electron chi connectivity index (χ4n) is 3.88. The highest BCUT2D eigenvalue weighted by Gasteiger charge is 2.54. The van der Waals surface area contributed by atoms with Crippen molar-refractivity contribution in [2.75, 3.05) is 6.54 Å². The Hall–Kier alpha value is -0.0400. The van der Waals surface area contributed by atoms with Crippen LogP contribution in [0.2, 0.25) is 0 Å². The average Bonchev–Trinajstić information content (AvgIpc) is 3.18. The van der Waals surface area contributed by atoms with Crippen molar-refractivity contribution >= 4 is 0 Å². The summed E-state index contributed by atoms with van der Waals surface area (Å²) < 4.78 is 0. The van der Waals surface area contributed by atoms with E-state index in [4.69, 9.17) is 0 Å². The fraction of sp³-hybridized carbons (Fsp3) is 1.00. The number of rotatable bonds is 5. The second kappa shape index (κ2) is 4.33. The molecule has 1 atom stereocenters. The number of nitrogens with one attached hydrogen (secondary N) is 1. The highest BCUT2D eigenvalue weighted by Crippen LogP contribution is 2.62.